The number of anilines is 1. The van der Waals surface area contributed by atoms with E-state index in [9.17, 15) is 9.90 Å². The molecule has 0 heterocycles. The van der Waals surface area contributed by atoms with Crippen LogP contribution in [0.15, 0.2) is 36.4 Å². The number of nitrogens with one attached hydrogen (secondary N) is 1. The number of amides is 2. The van der Waals surface area contributed by atoms with Crippen LogP contribution in [0, 0.1) is 0 Å². The van der Waals surface area contributed by atoms with Crippen molar-refractivity contribution in [2.24, 2.45) is 5.84 Å². The number of phenols is 1. The summed E-state index contributed by atoms with van der Waals surface area (Å²) >= 11 is 0. The molecule has 0 atom stereocenters. The van der Waals surface area contributed by atoms with E-state index in [0.717, 1.165) is 53.3 Å². The molecule has 2 aliphatic carbocycles. The molecule has 0 radical (unpaired) electrons. The lowest BCUT2D eigenvalue weighted by Gasteiger charge is -2.19. The third-order valence-electron chi connectivity index (χ3n) is 5.17. The van der Waals surface area contributed by atoms with Gasteiger partial charge in [-0.05, 0) is 67.3 Å². The molecule has 6 nitrogen and oxygen atoms in total. The van der Waals surface area contributed by atoms with Gasteiger partial charge in [0.2, 0.25) is 0 Å². The molecular formula is C21H25N3O3. The van der Waals surface area contributed by atoms with Crippen LogP contribution in [-0.4, -0.2) is 23.2 Å². The van der Waals surface area contributed by atoms with Crippen LogP contribution in [0.2, 0.25) is 0 Å². The average Bonchev–Trinajstić information content (AvgIpc) is 3.54. The van der Waals surface area contributed by atoms with Crippen LogP contribution in [0.4, 0.5) is 10.5 Å². The summed E-state index contributed by atoms with van der Waals surface area (Å²) in [6, 6.07) is 10.9. The van der Waals surface area contributed by atoms with Crippen LogP contribution in [0.25, 0.3) is 0 Å². The summed E-state index contributed by atoms with van der Waals surface area (Å²) < 4.78 is 6.17. The minimum absolute atomic E-state index is 0.265. The van der Waals surface area contributed by atoms with E-state index in [0.29, 0.717) is 18.4 Å². The quantitative estimate of drug-likeness (QED) is 0.408. The number of hydrazine groups is 1. The van der Waals surface area contributed by atoms with Gasteiger partial charge >= 0.3 is 6.03 Å². The van der Waals surface area contributed by atoms with Gasteiger partial charge in [-0.15, -0.1) is 0 Å². The number of urea groups is 1. The highest BCUT2D eigenvalue weighted by Crippen LogP contribution is 2.46. The number of hydrogen-bond donors (Lipinski definition) is 3. The van der Waals surface area contributed by atoms with Gasteiger partial charge < -0.3 is 15.2 Å². The Bertz CT molecular complexity index is 858. The lowest BCUT2D eigenvalue weighted by atomic mass is 10.0. The molecule has 2 amide bonds. The lowest BCUT2D eigenvalue weighted by Crippen LogP contribution is -2.37. The Morgan fingerprint density at radius 2 is 1.89 bits per heavy atom. The summed E-state index contributed by atoms with van der Waals surface area (Å²) in [7, 11) is 1.51. The van der Waals surface area contributed by atoms with Crippen LogP contribution in [0.5, 0.6) is 11.5 Å². The summed E-state index contributed by atoms with van der Waals surface area (Å²) in [4.78, 5) is 12.0. The fourth-order valence-electron chi connectivity index (χ4n) is 3.39. The van der Waals surface area contributed by atoms with Crippen molar-refractivity contribution in [2.45, 2.75) is 44.1 Å². The van der Waals surface area contributed by atoms with Gasteiger partial charge in [0.05, 0.1) is 0 Å². The number of nitrogens with zero attached hydrogens (tertiary/aromatic N) is 1. The zero-order chi connectivity index (χ0) is 19.0. The van der Waals surface area contributed by atoms with Crippen LogP contribution in [0.3, 0.4) is 0 Å². The van der Waals surface area contributed by atoms with Crippen LogP contribution >= 0.6 is 0 Å². The number of rotatable bonds is 6. The molecule has 0 aliphatic heterocycles. The molecule has 0 bridgehead atoms. The maximum Gasteiger partial charge on any atom is 0.335 e. The van der Waals surface area contributed by atoms with Gasteiger partial charge in [-0.2, -0.15) is 0 Å². The molecule has 2 fully saturated rings. The average molecular weight is 367 g/mol. The Hall–Kier alpha value is -2.73. The van der Waals surface area contributed by atoms with Gasteiger partial charge in [-0.1, -0.05) is 12.1 Å². The summed E-state index contributed by atoms with van der Waals surface area (Å²) in [5.41, 5.74) is 4.00. The van der Waals surface area contributed by atoms with Crippen molar-refractivity contribution in [1.82, 2.24) is 5.01 Å². The highest BCUT2D eigenvalue weighted by Gasteiger charge is 2.29. The maximum absolute atomic E-state index is 12.0. The number of benzene rings is 2. The molecule has 6 heteroatoms. The Morgan fingerprint density at radius 1 is 1.19 bits per heavy atom. The molecule has 2 aliphatic rings. The molecule has 0 saturated heterocycles. The molecule has 4 rings (SSSR count). The molecule has 0 aromatic heterocycles. The summed E-state index contributed by atoms with van der Waals surface area (Å²) in [5.74, 6) is 7.61. The van der Waals surface area contributed by atoms with E-state index < -0.39 is 0 Å². The summed E-state index contributed by atoms with van der Waals surface area (Å²) in [6.45, 7) is 0.362. The van der Waals surface area contributed by atoms with Gasteiger partial charge in [0.1, 0.15) is 18.1 Å². The lowest BCUT2D eigenvalue weighted by molar-refractivity contribution is 0.223. The summed E-state index contributed by atoms with van der Waals surface area (Å²) in [5, 5.41) is 13.7. The van der Waals surface area contributed by atoms with Gasteiger partial charge in [0.15, 0.2) is 0 Å². The molecule has 2 aromatic carbocycles. The SMILES string of the molecule is CN(N)C(=O)Nc1cccc(C2CC2)c1COc1ccc(O)cc1C1CC1. The zero-order valence-corrected chi connectivity index (χ0v) is 15.4. The second-order valence-corrected chi connectivity index (χ2v) is 7.47. The smallest absolute Gasteiger partial charge is 0.335 e. The number of ether oxygens (including phenoxy) is 1. The molecule has 2 saturated carbocycles. The minimum Gasteiger partial charge on any atom is -0.508 e. The Balaban J connectivity index is 1.60. The second-order valence-electron chi connectivity index (χ2n) is 7.47. The first-order valence-corrected chi connectivity index (χ1v) is 9.40. The van der Waals surface area contributed by atoms with Crippen molar-refractivity contribution in [1.29, 1.82) is 0 Å². The summed E-state index contributed by atoms with van der Waals surface area (Å²) in [6.07, 6.45) is 4.58. The van der Waals surface area contributed by atoms with Crippen molar-refractivity contribution in [3.63, 3.8) is 0 Å². The standard InChI is InChI=1S/C21H25N3O3/c1-24(22)21(26)23-19-4-2-3-16(13-5-6-13)18(19)12-27-20-10-9-15(25)11-17(20)14-7-8-14/h2-4,9-11,13-14,25H,5-8,12,22H2,1H3,(H,23,26). The first-order chi connectivity index (χ1) is 13.0. The number of phenolic OH excluding ortho intramolecular Hbond substituents is 1. The van der Waals surface area contributed by atoms with Crippen LogP contribution < -0.4 is 15.9 Å². The monoisotopic (exact) mass is 367 g/mol. The van der Waals surface area contributed by atoms with Crippen LogP contribution in [0.1, 0.15) is 54.2 Å². The maximum atomic E-state index is 12.0. The van der Waals surface area contributed by atoms with Gasteiger partial charge in [0, 0.05) is 23.9 Å². The fourth-order valence-corrected chi connectivity index (χ4v) is 3.39. The third kappa shape index (κ3) is 4.01. The van der Waals surface area contributed by atoms with Crippen molar-refractivity contribution >= 4 is 11.7 Å². The second kappa shape index (κ2) is 7.12. The molecule has 0 spiro atoms. The van der Waals surface area contributed by atoms with E-state index in [1.54, 1.807) is 12.1 Å². The first-order valence-electron chi connectivity index (χ1n) is 9.40. The van der Waals surface area contributed by atoms with Gasteiger partial charge in [0.25, 0.3) is 0 Å². The van der Waals surface area contributed by atoms with Crippen molar-refractivity contribution in [3.05, 3.63) is 53.1 Å². The molecule has 142 valence electrons. The third-order valence-corrected chi connectivity index (χ3v) is 5.17. The fraction of sp³-hybridized carbons (Fsp3) is 0.381. The molecular weight excluding hydrogens is 342 g/mol. The number of carbonyl (C=O) groups excluding carboxylic acids is 1. The first kappa shape index (κ1) is 17.7. The van der Waals surface area contributed by atoms with Crippen LogP contribution in [-0.2, 0) is 6.61 Å². The van der Waals surface area contributed by atoms with Crippen molar-refractivity contribution in [2.75, 3.05) is 12.4 Å². The highest BCUT2D eigenvalue weighted by atomic mass is 16.5. The topological polar surface area (TPSA) is 87.8 Å². The van der Waals surface area contributed by atoms with E-state index in [-0.39, 0.29) is 11.8 Å². The van der Waals surface area contributed by atoms with E-state index in [4.69, 9.17) is 10.6 Å². The molecule has 27 heavy (non-hydrogen) atoms. The number of carbonyl (C=O) groups is 1. The number of nitrogens with two attached hydrogens (primary N) is 1. The highest BCUT2D eigenvalue weighted by molar-refractivity contribution is 5.89. The predicted octanol–water partition coefficient (Wildman–Crippen LogP) is 4.06. The van der Waals surface area contributed by atoms with Crippen molar-refractivity contribution < 1.29 is 14.6 Å². The molecule has 0 unspecified atom stereocenters. The Labute approximate surface area is 158 Å². The number of aromatic hydroxyl groups is 1. The molecule has 2 aromatic rings. The largest absolute Gasteiger partial charge is 0.508 e. The normalized spacial score (nSPS) is 16.1. The predicted molar refractivity (Wildman–Crippen MR) is 104 cm³/mol. The zero-order valence-electron chi connectivity index (χ0n) is 15.4. The van der Waals surface area contributed by atoms with Gasteiger partial charge in [-0.25, -0.2) is 10.6 Å². The van der Waals surface area contributed by atoms with Crippen molar-refractivity contribution in [3.8, 4) is 11.5 Å². The minimum atomic E-state index is -0.368. The van der Waals surface area contributed by atoms with E-state index in [1.807, 2.05) is 18.2 Å². The molecule has 4 N–H and O–H groups in total. The van der Waals surface area contributed by atoms with E-state index in [2.05, 4.69) is 11.4 Å². The Morgan fingerprint density at radius 3 is 2.56 bits per heavy atom. The van der Waals surface area contributed by atoms with E-state index in [1.165, 1.54) is 12.6 Å². The van der Waals surface area contributed by atoms with Gasteiger partial charge in [-0.3, -0.25) is 5.01 Å². The van der Waals surface area contributed by atoms with E-state index >= 15 is 0 Å². The Kier molecular flexibility index (Phi) is 4.66. The number of hydrogen-bond acceptors (Lipinski definition) is 4.